The Morgan fingerprint density at radius 1 is 1.07 bits per heavy atom. The molecule has 0 radical (unpaired) electrons. The maximum Gasteiger partial charge on any atom is 0.296 e. The molecular weight excluding hydrogens is 411 g/mol. The molecule has 8 heteroatoms. The topological polar surface area (TPSA) is 60.1 Å². The van der Waals surface area contributed by atoms with Crippen molar-refractivity contribution in [3.05, 3.63) is 68.6 Å². The van der Waals surface area contributed by atoms with Crippen molar-refractivity contribution in [3.63, 3.8) is 0 Å². The summed E-state index contributed by atoms with van der Waals surface area (Å²) in [5.74, 6) is -0.105. The molecule has 29 heavy (non-hydrogen) atoms. The van der Waals surface area contributed by atoms with Crippen LogP contribution in [-0.4, -0.2) is 39.3 Å². The molecule has 2 aromatic heterocycles. The first-order valence-electron chi connectivity index (χ1n) is 8.94. The van der Waals surface area contributed by atoms with Gasteiger partial charge in [0.25, 0.3) is 5.56 Å². The summed E-state index contributed by atoms with van der Waals surface area (Å²) in [5, 5.41) is 7.21. The number of benzene rings is 2. The Hall–Kier alpha value is -2.83. The molecule has 2 aromatic carbocycles. The first-order chi connectivity index (χ1) is 13.8. The summed E-state index contributed by atoms with van der Waals surface area (Å²) >= 11 is 12.2. The number of aromatic nitrogens is 3. The number of aryl methyl sites for hydroxylation is 1. The summed E-state index contributed by atoms with van der Waals surface area (Å²) < 4.78 is 3.12. The van der Waals surface area contributed by atoms with Gasteiger partial charge in [-0.2, -0.15) is 9.78 Å². The fraction of sp³-hybridized carbons (Fsp3) is 0.190. The lowest BCUT2D eigenvalue weighted by atomic mass is 10.1. The van der Waals surface area contributed by atoms with Crippen molar-refractivity contribution in [2.24, 2.45) is 7.05 Å². The molecule has 0 unspecified atom stereocenters. The van der Waals surface area contributed by atoms with Crippen LogP contribution in [0.25, 0.3) is 27.5 Å². The molecule has 0 aliphatic rings. The van der Waals surface area contributed by atoms with Gasteiger partial charge in [-0.15, -0.1) is 0 Å². The van der Waals surface area contributed by atoms with Gasteiger partial charge in [0.2, 0.25) is 5.91 Å². The normalized spacial score (nSPS) is 11.3. The second-order valence-corrected chi connectivity index (χ2v) is 7.92. The fourth-order valence-electron chi connectivity index (χ4n) is 3.45. The molecule has 148 valence electrons. The van der Waals surface area contributed by atoms with E-state index in [1.807, 2.05) is 13.1 Å². The number of carbonyl (C=O) groups excluding carboxylic acids is 1. The van der Waals surface area contributed by atoms with Crippen LogP contribution < -0.4 is 5.56 Å². The Kier molecular flexibility index (Phi) is 4.84. The number of fused-ring (bicyclic) bond motifs is 3. The lowest BCUT2D eigenvalue weighted by Gasteiger charge is -2.13. The third-order valence-corrected chi connectivity index (χ3v) is 5.44. The SMILES string of the molecule is CN(C)C(=O)Cc1nn(-c2ccc(Cl)cc2)c(=O)c2c1c1ccc(Cl)cc1n2C. The molecule has 0 atom stereocenters. The summed E-state index contributed by atoms with van der Waals surface area (Å²) in [6.07, 6.45) is 0.0686. The lowest BCUT2D eigenvalue weighted by Crippen LogP contribution is -2.28. The molecule has 0 aliphatic heterocycles. The molecule has 0 N–H and O–H groups in total. The average molecular weight is 429 g/mol. The predicted molar refractivity (Wildman–Crippen MR) is 116 cm³/mol. The van der Waals surface area contributed by atoms with Crippen molar-refractivity contribution >= 4 is 50.9 Å². The van der Waals surface area contributed by atoms with Gasteiger partial charge in [-0.05, 0) is 36.4 Å². The van der Waals surface area contributed by atoms with E-state index in [1.165, 1.54) is 9.58 Å². The quantitative estimate of drug-likeness (QED) is 0.498. The van der Waals surface area contributed by atoms with Gasteiger partial charge in [0.1, 0.15) is 5.52 Å². The van der Waals surface area contributed by atoms with Gasteiger partial charge in [0.05, 0.1) is 23.3 Å². The average Bonchev–Trinajstić information content (AvgIpc) is 2.97. The number of amides is 1. The molecule has 0 saturated heterocycles. The van der Waals surface area contributed by atoms with E-state index in [0.717, 1.165) is 10.9 Å². The molecule has 1 amide bonds. The van der Waals surface area contributed by atoms with Gasteiger partial charge in [0, 0.05) is 42.0 Å². The Balaban J connectivity index is 2.11. The minimum atomic E-state index is -0.279. The summed E-state index contributed by atoms with van der Waals surface area (Å²) in [4.78, 5) is 27.4. The van der Waals surface area contributed by atoms with Gasteiger partial charge in [-0.3, -0.25) is 9.59 Å². The monoisotopic (exact) mass is 428 g/mol. The maximum absolute atomic E-state index is 13.4. The van der Waals surface area contributed by atoms with Crippen LogP contribution in [0.3, 0.4) is 0 Å². The van der Waals surface area contributed by atoms with Gasteiger partial charge in [-0.25, -0.2) is 0 Å². The summed E-state index contributed by atoms with van der Waals surface area (Å²) in [7, 11) is 5.20. The highest BCUT2D eigenvalue weighted by Gasteiger charge is 2.21. The molecular formula is C21H18Cl2N4O2. The standard InChI is InChI=1S/C21H18Cl2N4O2/c1-25(2)18(28)11-16-19-15-9-6-13(23)10-17(15)26(3)20(19)21(29)27(24-16)14-7-4-12(22)5-8-14/h4-10H,11H2,1-3H3. The van der Waals surface area contributed by atoms with Crippen molar-refractivity contribution in [2.75, 3.05) is 14.1 Å². The van der Waals surface area contributed by atoms with E-state index in [0.29, 0.717) is 32.3 Å². The number of hydrogen-bond donors (Lipinski definition) is 0. The number of hydrogen-bond acceptors (Lipinski definition) is 3. The largest absolute Gasteiger partial charge is 0.348 e. The van der Waals surface area contributed by atoms with Crippen LogP contribution in [0.1, 0.15) is 5.69 Å². The second-order valence-electron chi connectivity index (χ2n) is 7.05. The lowest BCUT2D eigenvalue weighted by molar-refractivity contribution is -0.128. The number of carbonyl (C=O) groups is 1. The van der Waals surface area contributed by atoms with E-state index in [2.05, 4.69) is 5.10 Å². The van der Waals surface area contributed by atoms with Gasteiger partial charge >= 0.3 is 0 Å². The summed E-state index contributed by atoms with van der Waals surface area (Å²) in [5.41, 5.74) is 2.09. The smallest absolute Gasteiger partial charge is 0.296 e. The predicted octanol–water partition coefficient (Wildman–Crippen LogP) is 3.81. The minimum absolute atomic E-state index is 0.0686. The molecule has 0 fully saturated rings. The second kappa shape index (κ2) is 7.21. The number of halogens is 2. The molecule has 0 bridgehead atoms. The van der Waals surface area contributed by atoms with E-state index in [4.69, 9.17) is 23.2 Å². The van der Waals surface area contributed by atoms with Crippen LogP contribution in [0.15, 0.2) is 47.3 Å². The van der Waals surface area contributed by atoms with Crippen molar-refractivity contribution in [2.45, 2.75) is 6.42 Å². The highest BCUT2D eigenvalue weighted by atomic mass is 35.5. The number of nitrogens with zero attached hydrogens (tertiary/aromatic N) is 4. The van der Waals surface area contributed by atoms with E-state index in [-0.39, 0.29) is 17.9 Å². The first kappa shape index (κ1) is 19.5. The minimum Gasteiger partial charge on any atom is -0.348 e. The molecule has 0 spiro atoms. The number of rotatable bonds is 3. The highest BCUT2D eigenvalue weighted by molar-refractivity contribution is 6.31. The van der Waals surface area contributed by atoms with Gasteiger partial charge < -0.3 is 9.47 Å². The Morgan fingerprint density at radius 2 is 1.72 bits per heavy atom. The fourth-order valence-corrected chi connectivity index (χ4v) is 3.74. The van der Waals surface area contributed by atoms with Crippen LogP contribution in [0, 0.1) is 0 Å². The molecule has 4 rings (SSSR count). The molecule has 6 nitrogen and oxygen atoms in total. The van der Waals surface area contributed by atoms with Gasteiger partial charge in [0.15, 0.2) is 0 Å². The number of likely N-dealkylation sites (N-methyl/N-ethyl adjacent to an activating group) is 1. The zero-order valence-corrected chi connectivity index (χ0v) is 17.6. The van der Waals surface area contributed by atoms with E-state index >= 15 is 0 Å². The van der Waals surface area contributed by atoms with Crippen molar-refractivity contribution in [1.29, 1.82) is 0 Å². The summed E-state index contributed by atoms with van der Waals surface area (Å²) in [6.45, 7) is 0. The van der Waals surface area contributed by atoms with Crippen molar-refractivity contribution in [1.82, 2.24) is 19.2 Å². The Morgan fingerprint density at radius 3 is 2.38 bits per heavy atom. The van der Waals surface area contributed by atoms with Crippen LogP contribution in [0.2, 0.25) is 10.0 Å². The van der Waals surface area contributed by atoms with Crippen LogP contribution in [-0.2, 0) is 18.3 Å². The molecule has 2 heterocycles. The van der Waals surface area contributed by atoms with Gasteiger partial charge in [-0.1, -0.05) is 29.3 Å². The molecule has 0 saturated carbocycles. The Bertz CT molecular complexity index is 1320. The van der Waals surface area contributed by atoms with Crippen molar-refractivity contribution in [3.8, 4) is 5.69 Å². The Labute approximate surface area is 176 Å². The van der Waals surface area contributed by atoms with Crippen molar-refractivity contribution < 1.29 is 4.79 Å². The zero-order valence-electron chi connectivity index (χ0n) is 16.1. The highest BCUT2D eigenvalue weighted by Crippen LogP contribution is 2.30. The first-order valence-corrected chi connectivity index (χ1v) is 9.69. The molecule has 0 aliphatic carbocycles. The maximum atomic E-state index is 13.4. The van der Waals surface area contributed by atoms with E-state index in [9.17, 15) is 9.59 Å². The summed E-state index contributed by atoms with van der Waals surface area (Å²) in [6, 6.07) is 12.3. The third kappa shape index (κ3) is 3.28. The van der Waals surface area contributed by atoms with E-state index < -0.39 is 0 Å². The van der Waals surface area contributed by atoms with Crippen LogP contribution in [0.4, 0.5) is 0 Å². The third-order valence-electron chi connectivity index (χ3n) is 4.96. The van der Waals surface area contributed by atoms with Crippen LogP contribution in [0.5, 0.6) is 0 Å². The molecule has 4 aromatic rings. The van der Waals surface area contributed by atoms with E-state index in [1.54, 1.807) is 55.1 Å². The van der Waals surface area contributed by atoms with Crippen LogP contribution >= 0.6 is 23.2 Å². The zero-order chi connectivity index (χ0) is 20.9.